The highest BCUT2D eigenvalue weighted by atomic mass is 32.2. The maximum Gasteiger partial charge on any atom is 0.322 e. The smallest absolute Gasteiger partial charge is 0.322 e. The average Bonchev–Trinajstić information content (AvgIpc) is 3.11. The molecule has 2 aromatic carbocycles. The molecule has 2 atom stereocenters. The van der Waals surface area contributed by atoms with Crippen molar-refractivity contribution in [2.75, 3.05) is 61.8 Å². The molecule has 2 unspecified atom stereocenters. The Morgan fingerprint density at radius 1 is 0.635 bits per heavy atom. The van der Waals surface area contributed by atoms with E-state index in [4.69, 9.17) is 9.47 Å². The quantitative estimate of drug-likeness (QED) is 0.0533. The molecule has 52 heavy (non-hydrogen) atoms. The molecule has 0 radical (unpaired) electrons. The first-order chi connectivity index (χ1) is 24.6. The summed E-state index contributed by atoms with van der Waals surface area (Å²) in [6, 6.07) is 7.71. The van der Waals surface area contributed by atoms with Gasteiger partial charge in [-0.3, -0.25) is 9.11 Å². The molecule has 2 aromatic heterocycles. The topological polar surface area (TPSA) is 293 Å². The molecule has 280 valence electrons. The summed E-state index contributed by atoms with van der Waals surface area (Å²) in [5.41, 5.74) is 0.242. The van der Waals surface area contributed by atoms with Gasteiger partial charge in [-0.2, -0.15) is 46.7 Å². The van der Waals surface area contributed by atoms with E-state index < -0.39 is 30.0 Å². The van der Waals surface area contributed by atoms with E-state index in [9.17, 15) is 36.2 Å². The Morgan fingerprint density at radius 2 is 1.00 bits per heavy atom. The number of aliphatic hydroxyl groups is 2. The number of aliphatic hydroxyl groups excluding tert-OH is 2. The van der Waals surface area contributed by atoms with Crippen LogP contribution in [0, 0.1) is 11.8 Å². The molecular formula is C30H38N10O10S2. The zero-order valence-electron chi connectivity index (χ0n) is 28.3. The largest absolute Gasteiger partial charge is 0.467 e. The van der Waals surface area contributed by atoms with Crippen molar-refractivity contribution in [1.29, 1.82) is 0 Å². The van der Waals surface area contributed by atoms with Crippen molar-refractivity contribution in [1.82, 2.24) is 29.9 Å². The maximum atomic E-state index is 12.4. The van der Waals surface area contributed by atoms with Gasteiger partial charge in [0.2, 0.25) is 23.8 Å². The third kappa shape index (κ3) is 11.1. The van der Waals surface area contributed by atoms with Crippen LogP contribution in [0.2, 0.25) is 0 Å². The summed E-state index contributed by atoms with van der Waals surface area (Å²) in [4.78, 5) is 23.7. The van der Waals surface area contributed by atoms with E-state index >= 15 is 0 Å². The van der Waals surface area contributed by atoms with Crippen LogP contribution in [0.5, 0.6) is 12.0 Å². The number of hydrogen-bond donors (Lipinski definition) is 8. The molecule has 0 aliphatic carbocycles. The van der Waals surface area contributed by atoms with Crippen molar-refractivity contribution < 1.29 is 45.6 Å². The first-order valence-electron chi connectivity index (χ1n) is 15.4. The van der Waals surface area contributed by atoms with Crippen LogP contribution in [-0.4, -0.2) is 107 Å². The highest BCUT2D eigenvalue weighted by molar-refractivity contribution is 7.86. The van der Waals surface area contributed by atoms with E-state index in [0.29, 0.717) is 13.1 Å². The van der Waals surface area contributed by atoms with Crippen molar-refractivity contribution in [2.45, 2.75) is 23.6 Å². The van der Waals surface area contributed by atoms with Crippen LogP contribution >= 0.6 is 0 Å². The summed E-state index contributed by atoms with van der Waals surface area (Å²) in [5, 5.41) is 30.1. The number of hydrogen-bond acceptors (Lipinski definition) is 18. The zero-order chi connectivity index (χ0) is 38.1. The van der Waals surface area contributed by atoms with Gasteiger partial charge in [0.05, 0.1) is 14.2 Å². The summed E-state index contributed by atoms with van der Waals surface area (Å²) in [6.45, 7) is 4.17. The second-order valence-electron chi connectivity index (χ2n) is 11.3. The van der Waals surface area contributed by atoms with E-state index in [1.165, 1.54) is 50.6 Å². The van der Waals surface area contributed by atoms with Gasteiger partial charge < -0.3 is 41.0 Å². The monoisotopic (exact) mass is 762 g/mol. The van der Waals surface area contributed by atoms with Crippen LogP contribution in [0.25, 0.3) is 12.2 Å². The molecular weight excluding hydrogens is 725 g/mol. The summed E-state index contributed by atoms with van der Waals surface area (Å²) in [5.74, 6) is -0.00789. The summed E-state index contributed by atoms with van der Waals surface area (Å²) >= 11 is 0. The Labute approximate surface area is 299 Å². The van der Waals surface area contributed by atoms with Crippen LogP contribution in [0.4, 0.5) is 35.2 Å². The molecule has 20 nitrogen and oxygen atoms in total. The number of anilines is 6. The number of methoxy groups -OCH3 is 2. The van der Waals surface area contributed by atoms with Gasteiger partial charge in [0.15, 0.2) is 0 Å². The maximum absolute atomic E-state index is 12.4. The molecule has 4 rings (SSSR count). The molecule has 0 spiro atoms. The van der Waals surface area contributed by atoms with Crippen molar-refractivity contribution in [3.05, 3.63) is 47.5 Å². The highest BCUT2D eigenvalue weighted by Crippen LogP contribution is 2.28. The van der Waals surface area contributed by atoms with E-state index in [2.05, 4.69) is 51.2 Å². The second kappa shape index (κ2) is 17.3. The van der Waals surface area contributed by atoms with E-state index in [1.54, 1.807) is 0 Å². The molecule has 0 saturated heterocycles. The van der Waals surface area contributed by atoms with Gasteiger partial charge in [-0.1, -0.05) is 38.1 Å². The standard InChI is InChI=1S/C30H38N10O10S2/c1-17(15-41)13-31-25-35-27(39-29(37-25)49-3)33-21-9-7-19(23(11-21)51(43,44)45)5-6-20-8-10-22(12-24(20)52(46,47)48)34-28-36-26(32-14-18(2)16-42)38-30(40-28)50-4/h5-12,17-18,41-42H,13-16H2,1-4H3,(H,43,44,45)(H,46,47,48)(H2,31,33,35,37,39)(H2,32,34,36,38,40). The molecule has 0 aliphatic rings. The van der Waals surface area contributed by atoms with Crippen molar-refractivity contribution in [3.63, 3.8) is 0 Å². The Morgan fingerprint density at radius 3 is 1.33 bits per heavy atom. The fraction of sp³-hybridized carbons (Fsp3) is 0.333. The second-order valence-corrected chi connectivity index (χ2v) is 14.1. The predicted octanol–water partition coefficient (Wildman–Crippen LogP) is 2.31. The molecule has 22 heteroatoms. The fourth-order valence-electron chi connectivity index (χ4n) is 4.21. The Kier molecular flexibility index (Phi) is 13.2. The number of rotatable bonds is 18. The highest BCUT2D eigenvalue weighted by Gasteiger charge is 2.19. The SMILES string of the molecule is COc1nc(NCC(C)CO)nc(Nc2ccc(C=Cc3ccc(Nc4nc(NCC(C)CO)nc(OC)n4)cc3S(=O)(=O)O)c(S(=O)(=O)O)c2)n1. The van der Waals surface area contributed by atoms with Gasteiger partial charge in [-0.25, -0.2) is 0 Å². The predicted molar refractivity (Wildman–Crippen MR) is 190 cm³/mol. The third-order valence-electron chi connectivity index (χ3n) is 6.97. The van der Waals surface area contributed by atoms with Gasteiger partial charge in [0.25, 0.3) is 20.2 Å². The average molecular weight is 763 g/mol. The summed E-state index contributed by atoms with van der Waals surface area (Å²) in [6.07, 6.45) is 2.48. The van der Waals surface area contributed by atoms with Gasteiger partial charge in [0.1, 0.15) is 9.79 Å². The Balaban J connectivity index is 1.62. The van der Waals surface area contributed by atoms with Gasteiger partial charge in [0, 0.05) is 37.7 Å². The van der Waals surface area contributed by atoms with Gasteiger partial charge in [-0.05, 0) is 47.2 Å². The van der Waals surface area contributed by atoms with Crippen LogP contribution < -0.4 is 30.7 Å². The number of nitrogens with one attached hydrogen (secondary N) is 4. The van der Waals surface area contributed by atoms with Crippen molar-refractivity contribution >= 4 is 67.6 Å². The molecule has 0 bridgehead atoms. The molecule has 2 heterocycles. The summed E-state index contributed by atoms with van der Waals surface area (Å²) in [7, 11) is -6.96. The van der Waals surface area contributed by atoms with Gasteiger partial charge >= 0.3 is 12.0 Å². The first kappa shape index (κ1) is 39.5. The molecule has 0 aliphatic heterocycles. The minimum atomic E-state index is -4.82. The lowest BCUT2D eigenvalue weighted by Gasteiger charge is -2.13. The minimum absolute atomic E-state index is 0.0264. The van der Waals surface area contributed by atoms with Gasteiger partial charge in [-0.15, -0.1) is 0 Å². The fourth-order valence-corrected chi connectivity index (χ4v) is 5.63. The molecule has 0 fully saturated rings. The van der Waals surface area contributed by atoms with E-state index in [-0.39, 0.29) is 83.4 Å². The first-order valence-corrected chi connectivity index (χ1v) is 18.2. The van der Waals surface area contributed by atoms with E-state index in [0.717, 1.165) is 12.1 Å². The normalized spacial score (nSPS) is 13.0. The summed E-state index contributed by atoms with van der Waals surface area (Å²) < 4.78 is 80.0. The lowest BCUT2D eigenvalue weighted by molar-refractivity contribution is 0.244. The molecule has 4 aromatic rings. The Hall–Kier alpha value is -5.26. The zero-order valence-corrected chi connectivity index (χ0v) is 30.0. The number of ether oxygens (including phenoxy) is 2. The lowest BCUT2D eigenvalue weighted by atomic mass is 10.1. The molecule has 8 N–H and O–H groups in total. The van der Waals surface area contributed by atoms with Crippen LogP contribution in [0.15, 0.2) is 46.2 Å². The molecule has 0 amide bonds. The minimum Gasteiger partial charge on any atom is -0.467 e. The van der Waals surface area contributed by atoms with E-state index in [1.807, 2.05) is 13.8 Å². The van der Waals surface area contributed by atoms with Crippen LogP contribution in [-0.2, 0) is 20.2 Å². The number of nitrogens with zero attached hydrogens (tertiary/aromatic N) is 6. The van der Waals surface area contributed by atoms with Crippen LogP contribution in [0.1, 0.15) is 25.0 Å². The molecule has 0 saturated carbocycles. The number of aromatic nitrogens is 6. The Bertz CT molecular complexity index is 1970. The lowest BCUT2D eigenvalue weighted by Crippen LogP contribution is -2.17. The van der Waals surface area contributed by atoms with Crippen molar-refractivity contribution in [2.24, 2.45) is 11.8 Å². The van der Waals surface area contributed by atoms with Crippen LogP contribution in [0.3, 0.4) is 0 Å². The third-order valence-corrected chi connectivity index (χ3v) is 8.79. The van der Waals surface area contributed by atoms with Crippen molar-refractivity contribution in [3.8, 4) is 12.0 Å². The number of benzene rings is 2.